The van der Waals surface area contributed by atoms with Gasteiger partial charge < -0.3 is 14.8 Å². The van der Waals surface area contributed by atoms with Gasteiger partial charge in [-0.1, -0.05) is 42.5 Å². The summed E-state index contributed by atoms with van der Waals surface area (Å²) < 4.78 is 2.15. The van der Waals surface area contributed by atoms with Crippen LogP contribution in [0.2, 0.25) is 0 Å². The fourth-order valence-corrected chi connectivity index (χ4v) is 4.43. The Morgan fingerprint density at radius 1 is 0.935 bits per heavy atom. The van der Waals surface area contributed by atoms with E-state index in [2.05, 4.69) is 85.5 Å². The molecule has 0 saturated carbocycles. The van der Waals surface area contributed by atoms with E-state index in [1.54, 1.807) is 0 Å². The number of nitrogens with one attached hydrogen (secondary N) is 1. The van der Waals surface area contributed by atoms with Crippen molar-refractivity contribution in [2.45, 2.75) is 25.6 Å². The van der Waals surface area contributed by atoms with E-state index in [1.807, 2.05) is 37.5 Å². The first-order chi connectivity index (χ1) is 15.2. The van der Waals surface area contributed by atoms with Gasteiger partial charge in [0.05, 0.1) is 17.8 Å². The highest BCUT2D eigenvalue weighted by atomic mass is 32.1. The molecule has 0 spiro atoms. The number of benzene rings is 1. The molecule has 5 rings (SSSR count). The Balaban J connectivity index is 1.60. The summed E-state index contributed by atoms with van der Waals surface area (Å²) in [4.78, 5) is 11.5. The van der Waals surface area contributed by atoms with E-state index in [1.165, 1.54) is 5.56 Å². The van der Waals surface area contributed by atoms with Crippen LogP contribution in [-0.4, -0.2) is 24.5 Å². The zero-order valence-electron chi connectivity index (χ0n) is 17.2. The summed E-state index contributed by atoms with van der Waals surface area (Å²) in [5.41, 5.74) is 4.44. The molecule has 0 radical (unpaired) electrons. The van der Waals surface area contributed by atoms with Gasteiger partial charge in [-0.15, -0.1) is 0 Å². The van der Waals surface area contributed by atoms with E-state index < -0.39 is 0 Å². The second-order valence-corrected chi connectivity index (χ2v) is 8.12. The zero-order valence-corrected chi connectivity index (χ0v) is 18.0. The van der Waals surface area contributed by atoms with Crippen molar-refractivity contribution in [3.05, 3.63) is 114 Å². The third-order valence-corrected chi connectivity index (χ3v) is 5.97. The van der Waals surface area contributed by atoms with Gasteiger partial charge in [0.2, 0.25) is 0 Å². The van der Waals surface area contributed by atoms with Crippen LogP contribution >= 0.6 is 12.2 Å². The van der Waals surface area contributed by atoms with Gasteiger partial charge in [0.1, 0.15) is 5.82 Å². The maximum atomic E-state index is 5.81. The SMILES string of the molecule is Cc1ccc(-n2cccc2[C@@H]2[C@@H](c3ccccn3)NC(=S)N2Cc2ccccc2)nc1. The van der Waals surface area contributed by atoms with Crippen molar-refractivity contribution < 1.29 is 0 Å². The van der Waals surface area contributed by atoms with E-state index in [-0.39, 0.29) is 12.1 Å². The second kappa shape index (κ2) is 8.32. The molecule has 1 aromatic carbocycles. The Morgan fingerprint density at radius 3 is 2.52 bits per heavy atom. The molecule has 0 amide bonds. The Morgan fingerprint density at radius 2 is 1.77 bits per heavy atom. The maximum Gasteiger partial charge on any atom is 0.170 e. The summed E-state index contributed by atoms with van der Waals surface area (Å²) in [6, 6.07) is 24.7. The fraction of sp³-hybridized carbons (Fsp3) is 0.160. The third kappa shape index (κ3) is 3.82. The highest BCUT2D eigenvalue weighted by molar-refractivity contribution is 7.80. The van der Waals surface area contributed by atoms with Crippen LogP contribution in [-0.2, 0) is 6.54 Å². The smallest absolute Gasteiger partial charge is 0.170 e. The van der Waals surface area contributed by atoms with Crippen LogP contribution in [0.15, 0.2) is 91.4 Å². The van der Waals surface area contributed by atoms with Crippen LogP contribution in [0.5, 0.6) is 0 Å². The van der Waals surface area contributed by atoms with Crippen LogP contribution in [0.4, 0.5) is 0 Å². The Hall–Kier alpha value is -3.51. The first-order valence-corrected chi connectivity index (χ1v) is 10.7. The zero-order chi connectivity index (χ0) is 21.2. The number of thiocarbonyl (C=S) groups is 1. The lowest BCUT2D eigenvalue weighted by atomic mass is 10.0. The molecule has 31 heavy (non-hydrogen) atoms. The molecule has 1 N–H and O–H groups in total. The monoisotopic (exact) mass is 425 g/mol. The number of rotatable bonds is 5. The molecular weight excluding hydrogens is 402 g/mol. The molecule has 4 heterocycles. The van der Waals surface area contributed by atoms with Crippen LogP contribution in [0.3, 0.4) is 0 Å². The molecule has 0 unspecified atom stereocenters. The van der Waals surface area contributed by atoms with Gasteiger partial charge in [0.25, 0.3) is 0 Å². The van der Waals surface area contributed by atoms with Crippen molar-refractivity contribution in [1.82, 2.24) is 24.8 Å². The minimum Gasteiger partial charge on any atom is -0.352 e. The summed E-state index contributed by atoms with van der Waals surface area (Å²) in [6.07, 6.45) is 5.79. The lowest BCUT2D eigenvalue weighted by Gasteiger charge is -2.29. The lowest BCUT2D eigenvalue weighted by Crippen LogP contribution is -2.30. The number of hydrogen-bond acceptors (Lipinski definition) is 3. The highest BCUT2D eigenvalue weighted by Crippen LogP contribution is 2.40. The van der Waals surface area contributed by atoms with E-state index in [0.29, 0.717) is 6.54 Å². The quantitative estimate of drug-likeness (QED) is 0.468. The standard InChI is InChI=1S/C25H23N5S/c1-18-12-13-22(27-16-18)29-15-7-11-21(29)24-23(20-10-5-6-14-26-20)28-25(31)30(24)17-19-8-3-2-4-9-19/h2-16,23-24H,17H2,1H3,(H,28,31)/t23-,24-/m1/s1. The Kier molecular flexibility index (Phi) is 5.22. The molecule has 2 atom stereocenters. The van der Waals surface area contributed by atoms with Gasteiger partial charge in [0, 0.05) is 30.8 Å². The van der Waals surface area contributed by atoms with E-state index in [9.17, 15) is 0 Å². The summed E-state index contributed by atoms with van der Waals surface area (Å²) in [5, 5.41) is 4.26. The predicted molar refractivity (Wildman–Crippen MR) is 126 cm³/mol. The van der Waals surface area contributed by atoms with Crippen LogP contribution in [0, 0.1) is 6.92 Å². The molecule has 1 aliphatic heterocycles. The van der Waals surface area contributed by atoms with Gasteiger partial charge in [-0.25, -0.2) is 4.98 Å². The normalized spacial score (nSPS) is 18.2. The van der Waals surface area contributed by atoms with Gasteiger partial charge in [-0.3, -0.25) is 4.98 Å². The fourth-order valence-electron chi connectivity index (χ4n) is 4.12. The van der Waals surface area contributed by atoms with Crippen molar-refractivity contribution in [1.29, 1.82) is 0 Å². The number of nitrogens with zero attached hydrogens (tertiary/aromatic N) is 4. The van der Waals surface area contributed by atoms with E-state index in [0.717, 1.165) is 27.9 Å². The average Bonchev–Trinajstić information content (AvgIpc) is 3.40. The van der Waals surface area contributed by atoms with E-state index in [4.69, 9.17) is 12.2 Å². The average molecular weight is 426 g/mol. The molecule has 154 valence electrons. The van der Waals surface area contributed by atoms with Gasteiger partial charge in [-0.2, -0.15) is 0 Å². The van der Waals surface area contributed by atoms with Crippen molar-refractivity contribution in [3.8, 4) is 5.82 Å². The van der Waals surface area contributed by atoms with Crippen molar-refractivity contribution in [2.24, 2.45) is 0 Å². The molecule has 3 aromatic heterocycles. The first kappa shape index (κ1) is 19.5. The first-order valence-electron chi connectivity index (χ1n) is 10.3. The predicted octanol–water partition coefficient (Wildman–Crippen LogP) is 4.75. The molecule has 0 aliphatic carbocycles. The van der Waals surface area contributed by atoms with Crippen molar-refractivity contribution in [3.63, 3.8) is 0 Å². The Labute approximate surface area is 187 Å². The summed E-state index contributed by atoms with van der Waals surface area (Å²) >= 11 is 5.81. The van der Waals surface area contributed by atoms with Gasteiger partial charge in [-0.05, 0) is 60.6 Å². The number of hydrogen-bond donors (Lipinski definition) is 1. The maximum absolute atomic E-state index is 5.81. The summed E-state index contributed by atoms with van der Waals surface area (Å²) in [5.74, 6) is 0.892. The van der Waals surface area contributed by atoms with Crippen LogP contribution in [0.25, 0.3) is 5.82 Å². The summed E-state index contributed by atoms with van der Waals surface area (Å²) in [6.45, 7) is 2.76. The number of aromatic nitrogens is 3. The minimum atomic E-state index is -0.0588. The second-order valence-electron chi connectivity index (χ2n) is 7.74. The Bertz CT molecular complexity index is 1170. The summed E-state index contributed by atoms with van der Waals surface area (Å²) in [7, 11) is 0. The molecule has 6 heteroatoms. The van der Waals surface area contributed by atoms with Crippen molar-refractivity contribution in [2.75, 3.05) is 0 Å². The molecule has 5 nitrogen and oxygen atoms in total. The van der Waals surface area contributed by atoms with Gasteiger partial charge in [0.15, 0.2) is 5.11 Å². The van der Waals surface area contributed by atoms with Crippen molar-refractivity contribution >= 4 is 17.3 Å². The number of pyridine rings is 2. The lowest BCUT2D eigenvalue weighted by molar-refractivity contribution is 0.302. The molecule has 0 bridgehead atoms. The third-order valence-electron chi connectivity index (χ3n) is 5.62. The topological polar surface area (TPSA) is 46.0 Å². The van der Waals surface area contributed by atoms with Crippen LogP contribution in [0.1, 0.15) is 34.6 Å². The highest BCUT2D eigenvalue weighted by Gasteiger charge is 2.41. The number of aryl methyl sites for hydroxylation is 1. The minimum absolute atomic E-state index is 0.0271. The van der Waals surface area contributed by atoms with E-state index >= 15 is 0 Å². The molecular formula is C25H23N5S. The van der Waals surface area contributed by atoms with Crippen LogP contribution < -0.4 is 5.32 Å². The molecule has 1 aliphatic rings. The molecule has 4 aromatic rings. The molecule has 1 saturated heterocycles. The largest absolute Gasteiger partial charge is 0.352 e. The van der Waals surface area contributed by atoms with Gasteiger partial charge >= 0.3 is 0 Å². The molecule has 1 fully saturated rings.